The summed E-state index contributed by atoms with van der Waals surface area (Å²) in [5.74, 6) is -1.04. The number of ether oxygens (including phenoxy) is 1. The van der Waals surface area contributed by atoms with E-state index in [0.717, 1.165) is 15.4 Å². The Hall–Kier alpha value is -2.10. The van der Waals surface area contributed by atoms with Crippen LogP contribution in [0.25, 0.3) is 0 Å². The molecule has 0 bridgehead atoms. The lowest BCUT2D eigenvalue weighted by Crippen LogP contribution is -2.42. The number of benzene rings is 1. The summed E-state index contributed by atoms with van der Waals surface area (Å²) in [6.07, 6.45) is 0.950. The van der Waals surface area contributed by atoms with Gasteiger partial charge in [-0.25, -0.2) is 8.42 Å². The van der Waals surface area contributed by atoms with E-state index in [1.54, 1.807) is 30.3 Å². The molecule has 0 aliphatic rings. The van der Waals surface area contributed by atoms with E-state index in [0.29, 0.717) is 5.02 Å². The normalized spacial score (nSPS) is 12.3. The number of rotatable bonds is 8. The van der Waals surface area contributed by atoms with E-state index in [1.165, 1.54) is 24.5 Å². The number of hydrogen-bond acceptors (Lipinski definition) is 6. The second-order valence-corrected chi connectivity index (χ2v) is 8.99. The molecule has 1 unspecified atom stereocenters. The van der Waals surface area contributed by atoms with E-state index in [4.69, 9.17) is 11.6 Å². The van der Waals surface area contributed by atoms with E-state index < -0.39 is 34.5 Å². The molecule has 27 heavy (non-hydrogen) atoms. The fraction of sp³-hybridized carbons (Fsp3) is 0.294. The molecule has 7 nitrogen and oxygen atoms in total. The number of halogens is 1. The topological polar surface area (TPSA) is 92.8 Å². The molecule has 2 rings (SSSR count). The van der Waals surface area contributed by atoms with Crippen molar-refractivity contribution in [2.45, 2.75) is 12.5 Å². The van der Waals surface area contributed by atoms with Crippen LogP contribution in [0.3, 0.4) is 0 Å². The SMILES string of the molecule is COC(=O)CC(NC(=O)CN(c1cccc(Cl)c1)S(C)(=O)=O)c1cccs1. The highest BCUT2D eigenvalue weighted by atomic mass is 35.5. The summed E-state index contributed by atoms with van der Waals surface area (Å²) < 4.78 is 29.9. The predicted octanol–water partition coefficient (Wildman–Crippen LogP) is 2.59. The number of anilines is 1. The first kappa shape index (κ1) is 21.2. The minimum Gasteiger partial charge on any atom is -0.469 e. The zero-order chi connectivity index (χ0) is 20.0. The highest BCUT2D eigenvalue weighted by Crippen LogP contribution is 2.24. The number of carbonyl (C=O) groups is 2. The van der Waals surface area contributed by atoms with Gasteiger partial charge in [0, 0.05) is 9.90 Å². The molecule has 2 aromatic rings. The lowest BCUT2D eigenvalue weighted by Gasteiger charge is -2.24. The molecule has 0 saturated carbocycles. The first-order valence-corrected chi connectivity index (χ1v) is 10.9. The molecule has 1 N–H and O–H groups in total. The van der Waals surface area contributed by atoms with Crippen LogP contribution >= 0.6 is 22.9 Å². The van der Waals surface area contributed by atoms with Crippen LogP contribution in [0.4, 0.5) is 5.69 Å². The number of thiophene rings is 1. The number of sulfonamides is 1. The molecule has 10 heteroatoms. The smallest absolute Gasteiger partial charge is 0.307 e. The number of amides is 1. The van der Waals surface area contributed by atoms with Crippen LogP contribution in [0, 0.1) is 0 Å². The number of carbonyl (C=O) groups excluding carboxylic acids is 2. The van der Waals surface area contributed by atoms with Gasteiger partial charge in [0.05, 0.1) is 31.5 Å². The summed E-state index contributed by atoms with van der Waals surface area (Å²) >= 11 is 7.31. The molecule has 0 saturated heterocycles. The Morgan fingerprint density at radius 1 is 1.30 bits per heavy atom. The third-order valence-corrected chi connectivity index (χ3v) is 5.97. The van der Waals surface area contributed by atoms with Crippen LogP contribution in [0.1, 0.15) is 17.3 Å². The molecule has 0 spiro atoms. The summed E-state index contributed by atoms with van der Waals surface area (Å²) in [4.78, 5) is 25.0. The summed E-state index contributed by atoms with van der Waals surface area (Å²) in [6, 6.07) is 9.18. The Morgan fingerprint density at radius 3 is 2.59 bits per heavy atom. The number of nitrogens with zero attached hydrogens (tertiary/aromatic N) is 1. The molecule has 1 heterocycles. The maximum Gasteiger partial charge on any atom is 0.307 e. The molecule has 0 aliphatic carbocycles. The van der Waals surface area contributed by atoms with Crippen molar-refractivity contribution in [2.75, 3.05) is 24.2 Å². The lowest BCUT2D eigenvalue weighted by molar-refractivity contribution is -0.141. The van der Waals surface area contributed by atoms with Gasteiger partial charge in [0.15, 0.2) is 0 Å². The minimum absolute atomic E-state index is 0.0568. The fourth-order valence-electron chi connectivity index (χ4n) is 2.36. The average Bonchev–Trinajstić information content (AvgIpc) is 3.12. The van der Waals surface area contributed by atoms with Crippen molar-refractivity contribution in [2.24, 2.45) is 0 Å². The average molecular weight is 431 g/mol. The fourth-order valence-corrected chi connectivity index (χ4v) is 4.17. The highest BCUT2D eigenvalue weighted by Gasteiger charge is 2.25. The summed E-state index contributed by atoms with van der Waals surface area (Å²) in [5, 5.41) is 4.87. The molecule has 1 aromatic heterocycles. The van der Waals surface area contributed by atoms with Gasteiger partial charge in [-0.3, -0.25) is 13.9 Å². The number of nitrogens with one attached hydrogen (secondary N) is 1. The third kappa shape index (κ3) is 6.23. The van der Waals surface area contributed by atoms with Crippen molar-refractivity contribution in [3.63, 3.8) is 0 Å². The molecule has 1 aromatic carbocycles. The Bertz CT molecular complexity index is 900. The molecule has 0 radical (unpaired) electrons. The summed E-state index contributed by atoms with van der Waals surface area (Å²) in [6.45, 7) is -0.442. The Labute approximate surface area is 166 Å². The van der Waals surface area contributed by atoms with Crippen molar-refractivity contribution in [3.8, 4) is 0 Å². The van der Waals surface area contributed by atoms with Gasteiger partial charge in [0.1, 0.15) is 6.54 Å². The zero-order valence-electron chi connectivity index (χ0n) is 14.7. The van der Waals surface area contributed by atoms with Crippen LogP contribution in [-0.4, -0.2) is 40.2 Å². The molecule has 1 amide bonds. The summed E-state index contributed by atoms with van der Waals surface area (Å²) in [7, 11) is -2.46. The molecule has 1 atom stereocenters. The highest BCUT2D eigenvalue weighted by molar-refractivity contribution is 7.92. The van der Waals surface area contributed by atoms with E-state index in [9.17, 15) is 18.0 Å². The van der Waals surface area contributed by atoms with E-state index in [-0.39, 0.29) is 12.1 Å². The number of hydrogen-bond donors (Lipinski definition) is 1. The van der Waals surface area contributed by atoms with Crippen LogP contribution in [0.5, 0.6) is 0 Å². The van der Waals surface area contributed by atoms with Gasteiger partial charge in [0.2, 0.25) is 15.9 Å². The van der Waals surface area contributed by atoms with Gasteiger partial charge in [-0.2, -0.15) is 0 Å². The minimum atomic E-state index is -3.72. The van der Waals surface area contributed by atoms with Crippen molar-refractivity contribution in [3.05, 3.63) is 51.7 Å². The Morgan fingerprint density at radius 2 is 2.04 bits per heavy atom. The van der Waals surface area contributed by atoms with Gasteiger partial charge in [-0.15, -0.1) is 11.3 Å². The van der Waals surface area contributed by atoms with Crippen LogP contribution in [0.15, 0.2) is 41.8 Å². The number of methoxy groups -OCH3 is 1. The van der Waals surface area contributed by atoms with E-state index in [1.807, 2.05) is 5.38 Å². The second kappa shape index (κ2) is 9.20. The Kier molecular flexibility index (Phi) is 7.23. The molecule has 0 aliphatic heterocycles. The van der Waals surface area contributed by atoms with Crippen molar-refractivity contribution in [1.82, 2.24) is 5.32 Å². The summed E-state index contributed by atoms with van der Waals surface area (Å²) in [5.41, 5.74) is 0.279. The van der Waals surface area contributed by atoms with Gasteiger partial charge in [-0.1, -0.05) is 23.7 Å². The van der Waals surface area contributed by atoms with E-state index in [2.05, 4.69) is 10.1 Å². The maximum atomic E-state index is 12.5. The van der Waals surface area contributed by atoms with Crippen LogP contribution in [0.2, 0.25) is 5.02 Å². The maximum absolute atomic E-state index is 12.5. The standard InChI is InChI=1S/C17H19ClN2O5S2/c1-25-17(22)10-14(15-7-4-8-26-15)19-16(21)11-20(27(2,23)24)13-6-3-5-12(18)9-13/h3-9,14H,10-11H2,1-2H3,(H,19,21). The van der Waals surface area contributed by atoms with Crippen molar-refractivity contribution < 1.29 is 22.7 Å². The first-order valence-electron chi connectivity index (χ1n) is 7.83. The molecular weight excluding hydrogens is 412 g/mol. The van der Waals surface area contributed by atoms with Crippen LogP contribution in [-0.2, 0) is 24.3 Å². The molecule has 146 valence electrons. The van der Waals surface area contributed by atoms with Gasteiger partial charge in [-0.05, 0) is 29.6 Å². The van der Waals surface area contributed by atoms with Gasteiger partial charge < -0.3 is 10.1 Å². The second-order valence-electron chi connectivity index (χ2n) is 5.67. The van der Waals surface area contributed by atoms with Gasteiger partial charge in [0.25, 0.3) is 0 Å². The van der Waals surface area contributed by atoms with E-state index >= 15 is 0 Å². The van der Waals surface area contributed by atoms with Crippen molar-refractivity contribution in [1.29, 1.82) is 0 Å². The molecule has 0 fully saturated rings. The largest absolute Gasteiger partial charge is 0.469 e. The van der Waals surface area contributed by atoms with Crippen LogP contribution < -0.4 is 9.62 Å². The quantitative estimate of drug-likeness (QED) is 0.650. The Balaban J connectivity index is 2.19. The lowest BCUT2D eigenvalue weighted by atomic mass is 10.1. The zero-order valence-corrected chi connectivity index (χ0v) is 17.1. The molecular formula is C17H19ClN2O5S2. The monoisotopic (exact) mass is 430 g/mol. The first-order chi connectivity index (χ1) is 12.7. The third-order valence-electron chi connectivity index (χ3n) is 3.60. The van der Waals surface area contributed by atoms with Gasteiger partial charge >= 0.3 is 5.97 Å². The van der Waals surface area contributed by atoms with Crippen molar-refractivity contribution >= 4 is 50.5 Å². The number of esters is 1. The predicted molar refractivity (Wildman–Crippen MR) is 105 cm³/mol.